The number of H-pyrrole nitrogens is 1. The molecule has 0 spiro atoms. The van der Waals surface area contributed by atoms with Crippen LogP contribution in [0.2, 0.25) is 0 Å². The molecular weight excluding hydrogens is 294 g/mol. The molecule has 0 bridgehead atoms. The van der Waals surface area contributed by atoms with Gasteiger partial charge in [0.1, 0.15) is 11.8 Å². The van der Waals surface area contributed by atoms with Crippen molar-refractivity contribution in [3.05, 3.63) is 41.3 Å². The van der Waals surface area contributed by atoms with Gasteiger partial charge in [-0.3, -0.25) is 4.79 Å². The molecule has 0 aromatic carbocycles. The second-order valence-corrected chi connectivity index (χ2v) is 5.78. The Labute approximate surface area is 132 Å². The lowest BCUT2D eigenvalue weighted by atomic mass is 9.91. The van der Waals surface area contributed by atoms with E-state index in [0.29, 0.717) is 11.7 Å². The zero-order valence-corrected chi connectivity index (χ0v) is 12.5. The van der Waals surface area contributed by atoms with Gasteiger partial charge in [-0.25, -0.2) is 19.6 Å². The van der Waals surface area contributed by atoms with E-state index < -0.39 is 0 Å². The van der Waals surface area contributed by atoms with Crippen molar-refractivity contribution in [2.45, 2.75) is 37.8 Å². The van der Waals surface area contributed by atoms with Crippen LogP contribution in [0.5, 0.6) is 0 Å². The summed E-state index contributed by atoms with van der Waals surface area (Å²) in [6.45, 7) is 0. The minimum Gasteiger partial charge on any atom is -0.365 e. The van der Waals surface area contributed by atoms with E-state index in [4.69, 9.17) is 0 Å². The second-order valence-electron chi connectivity index (χ2n) is 5.78. The summed E-state index contributed by atoms with van der Waals surface area (Å²) < 4.78 is 1.61. The van der Waals surface area contributed by atoms with Crippen LogP contribution in [0.1, 0.15) is 31.7 Å². The van der Waals surface area contributed by atoms with E-state index in [2.05, 4.69) is 30.4 Å². The number of aromatic amines is 1. The fourth-order valence-electron chi connectivity index (χ4n) is 3.18. The van der Waals surface area contributed by atoms with Crippen molar-refractivity contribution in [2.24, 2.45) is 0 Å². The summed E-state index contributed by atoms with van der Waals surface area (Å²) in [5.74, 6) is 0.783. The Morgan fingerprint density at radius 2 is 2.04 bits per heavy atom. The highest BCUT2D eigenvalue weighted by molar-refractivity contribution is 5.82. The van der Waals surface area contributed by atoms with Gasteiger partial charge in [0.05, 0.1) is 12.4 Å². The Bertz CT molecular complexity index is 863. The highest BCUT2D eigenvalue weighted by atomic mass is 16.1. The molecule has 8 heteroatoms. The van der Waals surface area contributed by atoms with E-state index in [-0.39, 0.29) is 11.6 Å². The van der Waals surface area contributed by atoms with E-state index in [1.165, 1.54) is 6.33 Å². The van der Waals surface area contributed by atoms with Crippen molar-refractivity contribution < 1.29 is 0 Å². The molecule has 0 amide bonds. The number of imidazole rings is 1. The lowest BCUT2D eigenvalue weighted by Gasteiger charge is -2.29. The van der Waals surface area contributed by atoms with Gasteiger partial charge in [-0.05, 0) is 31.7 Å². The summed E-state index contributed by atoms with van der Waals surface area (Å²) in [6, 6.07) is 3.75. The Hall–Kier alpha value is -2.77. The molecular formula is C15H17N7O. The van der Waals surface area contributed by atoms with Crippen LogP contribution in [0.4, 0.5) is 5.82 Å². The number of anilines is 1. The molecule has 1 aliphatic carbocycles. The third-order valence-corrected chi connectivity index (χ3v) is 4.35. The van der Waals surface area contributed by atoms with Crippen LogP contribution < -0.4 is 10.9 Å². The first-order chi connectivity index (χ1) is 11.3. The minimum atomic E-state index is -0.0288. The minimum absolute atomic E-state index is 0.0288. The van der Waals surface area contributed by atoms with Gasteiger partial charge in [-0.1, -0.05) is 0 Å². The normalized spacial score (nSPS) is 21.4. The summed E-state index contributed by atoms with van der Waals surface area (Å²) >= 11 is 0. The van der Waals surface area contributed by atoms with Gasteiger partial charge in [0, 0.05) is 18.3 Å². The fraction of sp³-hybridized carbons (Fsp3) is 0.400. The highest BCUT2D eigenvalue weighted by Crippen LogP contribution is 2.29. The van der Waals surface area contributed by atoms with Gasteiger partial charge in [0.2, 0.25) is 0 Å². The maximum absolute atomic E-state index is 11.9. The zero-order valence-electron chi connectivity index (χ0n) is 12.5. The Morgan fingerprint density at radius 3 is 2.87 bits per heavy atom. The van der Waals surface area contributed by atoms with Crippen molar-refractivity contribution in [1.29, 1.82) is 0 Å². The standard InChI is InChI=1S/C15H17N7O/c23-12-2-1-7-20-22(12)11-5-3-10(4-6-11)21-15-13-14(17-8-16-13)18-9-19-15/h1-2,7-11H,3-6H2,(H2,16,17,18,19,21). The molecule has 0 aliphatic heterocycles. The predicted octanol–water partition coefficient (Wildman–Crippen LogP) is 1.51. The lowest BCUT2D eigenvalue weighted by Crippen LogP contribution is -2.33. The van der Waals surface area contributed by atoms with E-state index in [1.54, 1.807) is 29.3 Å². The van der Waals surface area contributed by atoms with Gasteiger partial charge < -0.3 is 10.3 Å². The first-order valence-electron chi connectivity index (χ1n) is 7.76. The van der Waals surface area contributed by atoms with Crippen LogP contribution in [-0.2, 0) is 0 Å². The van der Waals surface area contributed by atoms with Crippen molar-refractivity contribution in [3.63, 3.8) is 0 Å². The molecule has 3 heterocycles. The second kappa shape index (κ2) is 5.79. The molecule has 118 valence electrons. The number of hydrogen-bond donors (Lipinski definition) is 2. The van der Waals surface area contributed by atoms with Gasteiger partial charge in [0.15, 0.2) is 11.5 Å². The molecule has 2 N–H and O–H groups in total. The van der Waals surface area contributed by atoms with Gasteiger partial charge in [0.25, 0.3) is 5.56 Å². The maximum atomic E-state index is 11.9. The molecule has 4 rings (SSSR count). The Balaban J connectivity index is 1.45. The number of rotatable bonds is 3. The average Bonchev–Trinajstić information content (AvgIpc) is 3.06. The first-order valence-corrected chi connectivity index (χ1v) is 7.76. The fourth-order valence-corrected chi connectivity index (χ4v) is 3.18. The molecule has 3 aromatic rings. The molecule has 0 unspecified atom stereocenters. The number of fused-ring (bicyclic) bond motifs is 1. The van der Waals surface area contributed by atoms with Crippen LogP contribution in [-0.4, -0.2) is 35.8 Å². The number of aromatic nitrogens is 6. The number of nitrogens with one attached hydrogen (secondary N) is 2. The van der Waals surface area contributed by atoms with E-state index >= 15 is 0 Å². The number of hydrogen-bond acceptors (Lipinski definition) is 6. The first kappa shape index (κ1) is 13.9. The molecule has 0 saturated heterocycles. The lowest BCUT2D eigenvalue weighted by molar-refractivity contribution is 0.303. The van der Waals surface area contributed by atoms with E-state index in [1.807, 2.05) is 0 Å². The highest BCUT2D eigenvalue weighted by Gasteiger charge is 2.24. The maximum Gasteiger partial charge on any atom is 0.266 e. The third kappa shape index (κ3) is 2.67. The van der Waals surface area contributed by atoms with Gasteiger partial charge >= 0.3 is 0 Å². The molecule has 1 fully saturated rings. The Kier molecular flexibility index (Phi) is 3.49. The summed E-state index contributed by atoms with van der Waals surface area (Å²) in [5, 5.41) is 7.66. The van der Waals surface area contributed by atoms with Crippen LogP contribution in [0.3, 0.4) is 0 Å². The predicted molar refractivity (Wildman–Crippen MR) is 85.1 cm³/mol. The van der Waals surface area contributed by atoms with E-state index in [9.17, 15) is 4.79 Å². The third-order valence-electron chi connectivity index (χ3n) is 4.35. The summed E-state index contributed by atoms with van der Waals surface area (Å²) in [6.07, 6.45) is 8.58. The van der Waals surface area contributed by atoms with Crippen LogP contribution in [0.15, 0.2) is 35.8 Å². The van der Waals surface area contributed by atoms with Gasteiger partial charge in [-0.15, -0.1) is 0 Å². The molecule has 3 aromatic heterocycles. The summed E-state index contributed by atoms with van der Waals surface area (Å²) in [4.78, 5) is 27.5. The largest absolute Gasteiger partial charge is 0.365 e. The average molecular weight is 311 g/mol. The molecule has 8 nitrogen and oxygen atoms in total. The molecule has 1 aliphatic rings. The van der Waals surface area contributed by atoms with Crippen molar-refractivity contribution in [1.82, 2.24) is 29.7 Å². The van der Waals surface area contributed by atoms with Crippen molar-refractivity contribution >= 4 is 17.0 Å². The molecule has 0 atom stereocenters. The molecule has 0 radical (unpaired) electrons. The van der Waals surface area contributed by atoms with Crippen molar-refractivity contribution in [3.8, 4) is 0 Å². The van der Waals surface area contributed by atoms with E-state index in [0.717, 1.165) is 37.0 Å². The van der Waals surface area contributed by atoms with Crippen LogP contribution >= 0.6 is 0 Å². The van der Waals surface area contributed by atoms with Crippen molar-refractivity contribution in [2.75, 3.05) is 5.32 Å². The van der Waals surface area contributed by atoms with Crippen LogP contribution in [0.25, 0.3) is 11.2 Å². The van der Waals surface area contributed by atoms with Gasteiger partial charge in [-0.2, -0.15) is 5.10 Å². The SMILES string of the molecule is O=c1cccnn1C1CCC(Nc2ncnc3nc[nH]c23)CC1. The smallest absolute Gasteiger partial charge is 0.266 e. The molecule has 23 heavy (non-hydrogen) atoms. The number of nitrogens with zero attached hydrogens (tertiary/aromatic N) is 5. The summed E-state index contributed by atoms with van der Waals surface area (Å²) in [7, 11) is 0. The summed E-state index contributed by atoms with van der Waals surface area (Å²) in [5.41, 5.74) is 1.46. The quantitative estimate of drug-likeness (QED) is 0.760. The topological polar surface area (TPSA) is 101 Å². The Morgan fingerprint density at radius 1 is 1.17 bits per heavy atom. The monoisotopic (exact) mass is 311 g/mol. The molecule has 1 saturated carbocycles. The van der Waals surface area contributed by atoms with Crippen LogP contribution in [0, 0.1) is 0 Å². The zero-order chi connectivity index (χ0) is 15.6.